The lowest BCUT2D eigenvalue weighted by Gasteiger charge is -2.30. The third-order valence-corrected chi connectivity index (χ3v) is 6.49. The van der Waals surface area contributed by atoms with E-state index in [-0.39, 0.29) is 30.8 Å². The summed E-state index contributed by atoms with van der Waals surface area (Å²) in [6.45, 7) is 4.47. The second kappa shape index (κ2) is 10.5. The summed E-state index contributed by atoms with van der Waals surface area (Å²) in [4.78, 5) is 24.5. The minimum absolute atomic E-state index is 0.224. The largest absolute Gasteiger partial charge is 0.467 e. The van der Waals surface area contributed by atoms with Crippen molar-refractivity contribution < 1.29 is 22.7 Å². The maximum atomic E-state index is 12.6. The van der Waals surface area contributed by atoms with Crippen LogP contribution in [0.25, 0.3) is 6.08 Å². The van der Waals surface area contributed by atoms with Crippen LogP contribution in [0.15, 0.2) is 35.7 Å². The standard InChI is InChI=1S/C21H30N2O5S/c1-16(2)15-19(21(25)28-3)22-20(24)18-9-12-23(13-10-18)29(26,27)14-11-17-7-5-4-6-8-17/h4-8,11,14,16,18-19H,9-10,12-13,15H2,1-3H3,(H,22,24)/b14-11+. The summed E-state index contributed by atoms with van der Waals surface area (Å²) in [5.74, 6) is -0.780. The number of methoxy groups -OCH3 is 1. The number of nitrogens with zero attached hydrogens (tertiary/aromatic N) is 1. The predicted molar refractivity (Wildman–Crippen MR) is 112 cm³/mol. The second-order valence-corrected chi connectivity index (χ2v) is 9.46. The molecule has 1 aliphatic rings. The van der Waals surface area contributed by atoms with Gasteiger partial charge in [-0.15, -0.1) is 0 Å². The molecule has 0 aromatic heterocycles. The molecule has 0 aliphatic carbocycles. The summed E-state index contributed by atoms with van der Waals surface area (Å²) >= 11 is 0. The molecule has 0 saturated carbocycles. The number of carbonyl (C=O) groups excluding carboxylic acids is 2. The van der Waals surface area contributed by atoms with Crippen molar-refractivity contribution in [3.63, 3.8) is 0 Å². The van der Waals surface area contributed by atoms with Crippen molar-refractivity contribution in [2.24, 2.45) is 11.8 Å². The Morgan fingerprint density at radius 2 is 1.83 bits per heavy atom. The van der Waals surface area contributed by atoms with E-state index in [4.69, 9.17) is 4.74 Å². The maximum Gasteiger partial charge on any atom is 0.328 e. The van der Waals surface area contributed by atoms with E-state index < -0.39 is 22.0 Å². The molecule has 1 amide bonds. The number of carbonyl (C=O) groups is 2. The molecule has 7 nitrogen and oxygen atoms in total. The average Bonchev–Trinajstić information content (AvgIpc) is 2.71. The molecule has 0 radical (unpaired) electrons. The van der Waals surface area contributed by atoms with Crippen LogP contribution in [0.1, 0.15) is 38.7 Å². The van der Waals surface area contributed by atoms with Crippen LogP contribution in [-0.2, 0) is 24.3 Å². The molecule has 8 heteroatoms. The van der Waals surface area contributed by atoms with E-state index >= 15 is 0 Å². The fourth-order valence-corrected chi connectivity index (χ4v) is 4.53. The molecular formula is C21H30N2O5S. The zero-order chi connectivity index (χ0) is 21.4. The number of sulfonamides is 1. The lowest BCUT2D eigenvalue weighted by Crippen LogP contribution is -2.48. The van der Waals surface area contributed by atoms with Gasteiger partial charge in [0.1, 0.15) is 6.04 Å². The Hall–Kier alpha value is -2.19. The number of nitrogens with one attached hydrogen (secondary N) is 1. The lowest BCUT2D eigenvalue weighted by atomic mass is 9.96. The van der Waals surface area contributed by atoms with Crippen LogP contribution in [0, 0.1) is 11.8 Å². The molecule has 1 fully saturated rings. The third kappa shape index (κ3) is 6.97. The molecule has 1 atom stereocenters. The van der Waals surface area contributed by atoms with Gasteiger partial charge in [-0.3, -0.25) is 4.79 Å². The molecule has 1 aromatic carbocycles. The van der Waals surface area contributed by atoms with Gasteiger partial charge in [-0.05, 0) is 36.8 Å². The molecule has 0 spiro atoms. The van der Waals surface area contributed by atoms with Crippen LogP contribution in [0.2, 0.25) is 0 Å². The first-order valence-electron chi connectivity index (χ1n) is 9.84. The van der Waals surface area contributed by atoms with Crippen molar-refractivity contribution in [1.82, 2.24) is 9.62 Å². The van der Waals surface area contributed by atoms with Gasteiger partial charge < -0.3 is 10.1 Å². The van der Waals surface area contributed by atoms with Gasteiger partial charge in [0.15, 0.2) is 0 Å². The highest BCUT2D eigenvalue weighted by molar-refractivity contribution is 7.92. The van der Waals surface area contributed by atoms with Crippen molar-refractivity contribution >= 4 is 28.0 Å². The molecule has 1 N–H and O–H groups in total. The molecule has 2 rings (SSSR count). The van der Waals surface area contributed by atoms with E-state index in [1.54, 1.807) is 6.08 Å². The first kappa shape index (κ1) is 23.1. The lowest BCUT2D eigenvalue weighted by molar-refractivity contribution is -0.146. The number of amides is 1. The first-order chi connectivity index (χ1) is 13.7. The van der Waals surface area contributed by atoms with Gasteiger partial charge in [0.25, 0.3) is 0 Å². The number of hydrogen-bond donors (Lipinski definition) is 1. The van der Waals surface area contributed by atoms with E-state index in [1.807, 2.05) is 44.2 Å². The number of esters is 1. The number of hydrogen-bond acceptors (Lipinski definition) is 5. The number of benzene rings is 1. The Balaban J connectivity index is 1.92. The molecule has 1 heterocycles. The minimum atomic E-state index is -3.54. The highest BCUT2D eigenvalue weighted by Crippen LogP contribution is 2.21. The fraction of sp³-hybridized carbons (Fsp3) is 0.524. The number of rotatable bonds is 8. The summed E-state index contributed by atoms with van der Waals surface area (Å²) in [6, 6.07) is 8.54. The zero-order valence-corrected chi connectivity index (χ0v) is 18.0. The smallest absolute Gasteiger partial charge is 0.328 e. The molecule has 1 unspecified atom stereocenters. The van der Waals surface area contributed by atoms with Gasteiger partial charge in [0.2, 0.25) is 15.9 Å². The first-order valence-corrected chi connectivity index (χ1v) is 11.3. The summed E-state index contributed by atoms with van der Waals surface area (Å²) < 4.78 is 31.2. The van der Waals surface area contributed by atoms with E-state index in [0.29, 0.717) is 19.3 Å². The second-order valence-electron chi connectivity index (χ2n) is 7.65. The Kier molecular flexibility index (Phi) is 8.40. The topological polar surface area (TPSA) is 92.8 Å². The molecule has 29 heavy (non-hydrogen) atoms. The van der Waals surface area contributed by atoms with E-state index in [9.17, 15) is 18.0 Å². The molecule has 160 valence electrons. The predicted octanol–water partition coefficient (Wildman–Crippen LogP) is 2.40. The maximum absolute atomic E-state index is 12.6. The van der Waals surface area contributed by atoms with Crippen LogP contribution in [0.5, 0.6) is 0 Å². The van der Waals surface area contributed by atoms with Crippen LogP contribution < -0.4 is 5.32 Å². The summed E-state index contributed by atoms with van der Waals surface area (Å²) in [7, 11) is -2.24. The van der Waals surface area contributed by atoms with Crippen LogP contribution in [0.4, 0.5) is 0 Å². The Morgan fingerprint density at radius 3 is 2.38 bits per heavy atom. The monoisotopic (exact) mass is 422 g/mol. The Morgan fingerprint density at radius 1 is 1.21 bits per heavy atom. The summed E-state index contributed by atoms with van der Waals surface area (Å²) in [5, 5.41) is 3.98. The van der Waals surface area contributed by atoms with Gasteiger partial charge in [-0.2, -0.15) is 4.31 Å². The summed E-state index contributed by atoms with van der Waals surface area (Å²) in [5.41, 5.74) is 0.810. The number of ether oxygens (including phenoxy) is 1. The van der Waals surface area contributed by atoms with Crippen molar-refractivity contribution in [2.45, 2.75) is 39.2 Å². The third-order valence-electron chi connectivity index (χ3n) is 4.93. The van der Waals surface area contributed by atoms with Gasteiger partial charge in [0, 0.05) is 24.4 Å². The highest BCUT2D eigenvalue weighted by Gasteiger charge is 2.32. The van der Waals surface area contributed by atoms with Crippen LogP contribution in [-0.4, -0.2) is 50.8 Å². The number of piperidine rings is 1. The van der Waals surface area contributed by atoms with Gasteiger partial charge in [-0.1, -0.05) is 44.2 Å². The van der Waals surface area contributed by atoms with E-state index in [1.165, 1.54) is 16.8 Å². The van der Waals surface area contributed by atoms with Crippen molar-refractivity contribution in [2.75, 3.05) is 20.2 Å². The Labute approximate surface area is 173 Å². The van der Waals surface area contributed by atoms with Gasteiger partial charge in [-0.25, -0.2) is 13.2 Å². The van der Waals surface area contributed by atoms with Crippen LogP contribution >= 0.6 is 0 Å². The van der Waals surface area contributed by atoms with Gasteiger partial charge in [0.05, 0.1) is 7.11 Å². The van der Waals surface area contributed by atoms with Crippen molar-refractivity contribution in [3.05, 3.63) is 41.3 Å². The van der Waals surface area contributed by atoms with E-state index in [2.05, 4.69) is 5.32 Å². The minimum Gasteiger partial charge on any atom is -0.467 e. The molecule has 1 saturated heterocycles. The Bertz CT molecular complexity index is 813. The molecule has 0 bridgehead atoms. The van der Waals surface area contributed by atoms with Gasteiger partial charge >= 0.3 is 5.97 Å². The summed E-state index contributed by atoms with van der Waals surface area (Å²) in [6.07, 6.45) is 2.90. The average molecular weight is 423 g/mol. The van der Waals surface area contributed by atoms with Crippen LogP contribution in [0.3, 0.4) is 0 Å². The molecule has 1 aliphatic heterocycles. The SMILES string of the molecule is COC(=O)C(CC(C)C)NC(=O)C1CCN(S(=O)(=O)/C=C/c2ccccc2)CC1. The normalized spacial score (nSPS) is 17.4. The van der Waals surface area contributed by atoms with E-state index in [0.717, 1.165) is 5.56 Å². The van der Waals surface area contributed by atoms with Crippen molar-refractivity contribution in [3.8, 4) is 0 Å². The van der Waals surface area contributed by atoms with Crippen molar-refractivity contribution in [1.29, 1.82) is 0 Å². The molecule has 1 aromatic rings. The highest BCUT2D eigenvalue weighted by atomic mass is 32.2. The quantitative estimate of drug-likeness (QED) is 0.650. The fourth-order valence-electron chi connectivity index (χ4n) is 3.30. The zero-order valence-electron chi connectivity index (χ0n) is 17.2. The molecular weight excluding hydrogens is 392 g/mol.